The predicted molar refractivity (Wildman–Crippen MR) is 81.4 cm³/mol. The van der Waals surface area contributed by atoms with E-state index in [1.54, 1.807) is 13.1 Å². The Morgan fingerprint density at radius 2 is 2.00 bits per heavy atom. The van der Waals surface area contributed by atoms with Crippen molar-refractivity contribution in [1.29, 1.82) is 0 Å². The van der Waals surface area contributed by atoms with E-state index < -0.39 is 17.3 Å². The maximum Gasteiger partial charge on any atom is 0.410 e. The van der Waals surface area contributed by atoms with Gasteiger partial charge in [0.25, 0.3) is 0 Å². The fourth-order valence-corrected chi connectivity index (χ4v) is 2.05. The molecule has 1 amide bonds. The summed E-state index contributed by atoms with van der Waals surface area (Å²) < 4.78 is 10.6. The normalized spacial score (nSPS) is 12.9. The molecule has 0 radical (unpaired) electrons. The molecule has 5 nitrogen and oxygen atoms in total. The lowest BCUT2D eigenvalue weighted by atomic mass is 10.1. The summed E-state index contributed by atoms with van der Waals surface area (Å²) in [5.74, 6) is 0.496. The standard InChI is InChI=1S/C16H25NO4/c1-7-8-12(13-9-11(2)10-14(18)20-13)17(6)15(19)21-16(3,4)5/h9-10,12H,7-8H2,1-6H3/t12-/m1/s1. The van der Waals surface area contributed by atoms with Gasteiger partial charge in [0.2, 0.25) is 0 Å². The predicted octanol–water partition coefficient (Wildman–Crippen LogP) is 3.66. The van der Waals surface area contributed by atoms with E-state index in [2.05, 4.69) is 0 Å². The number of carbonyl (C=O) groups excluding carboxylic acids is 1. The van der Waals surface area contributed by atoms with E-state index in [0.29, 0.717) is 12.2 Å². The molecule has 0 saturated heterocycles. The fraction of sp³-hybridized carbons (Fsp3) is 0.625. The van der Waals surface area contributed by atoms with Crippen LogP contribution in [0.1, 0.15) is 57.9 Å². The highest BCUT2D eigenvalue weighted by atomic mass is 16.6. The molecule has 0 unspecified atom stereocenters. The highest BCUT2D eigenvalue weighted by molar-refractivity contribution is 5.68. The molecule has 0 aromatic carbocycles. The third-order valence-corrected chi connectivity index (χ3v) is 2.97. The van der Waals surface area contributed by atoms with Crippen molar-refractivity contribution in [2.24, 2.45) is 0 Å². The fourth-order valence-electron chi connectivity index (χ4n) is 2.05. The molecular formula is C16H25NO4. The molecule has 118 valence electrons. The van der Waals surface area contributed by atoms with Crippen LogP contribution >= 0.6 is 0 Å². The minimum absolute atomic E-state index is 0.308. The van der Waals surface area contributed by atoms with Crippen molar-refractivity contribution >= 4 is 6.09 Å². The zero-order chi connectivity index (χ0) is 16.2. The number of nitrogens with zero attached hydrogens (tertiary/aromatic N) is 1. The van der Waals surface area contributed by atoms with Gasteiger partial charge in [-0.3, -0.25) is 0 Å². The molecule has 0 saturated carbocycles. The van der Waals surface area contributed by atoms with Gasteiger partial charge in [-0.15, -0.1) is 0 Å². The van der Waals surface area contributed by atoms with Crippen molar-refractivity contribution in [3.63, 3.8) is 0 Å². The average Bonchev–Trinajstić information content (AvgIpc) is 2.31. The van der Waals surface area contributed by atoms with Crippen LogP contribution in [0.15, 0.2) is 21.3 Å². The van der Waals surface area contributed by atoms with Crippen LogP contribution in [-0.2, 0) is 4.74 Å². The van der Waals surface area contributed by atoms with Crippen molar-refractivity contribution in [2.45, 2.75) is 59.1 Å². The molecule has 0 N–H and O–H groups in total. The first kappa shape index (κ1) is 17.3. The molecule has 0 bridgehead atoms. The van der Waals surface area contributed by atoms with Crippen molar-refractivity contribution in [3.8, 4) is 0 Å². The van der Waals surface area contributed by atoms with Crippen LogP contribution in [0.2, 0.25) is 0 Å². The van der Waals surface area contributed by atoms with Gasteiger partial charge in [-0.1, -0.05) is 13.3 Å². The molecule has 1 atom stereocenters. The summed E-state index contributed by atoms with van der Waals surface area (Å²) in [6.07, 6.45) is 1.13. The average molecular weight is 295 g/mol. The zero-order valence-electron chi connectivity index (χ0n) is 13.7. The summed E-state index contributed by atoms with van der Waals surface area (Å²) in [4.78, 5) is 25.2. The summed E-state index contributed by atoms with van der Waals surface area (Å²) in [5.41, 5.74) is -0.140. The Hall–Kier alpha value is -1.78. The lowest BCUT2D eigenvalue weighted by Crippen LogP contribution is -2.37. The summed E-state index contributed by atoms with van der Waals surface area (Å²) in [7, 11) is 1.66. The zero-order valence-corrected chi connectivity index (χ0v) is 13.7. The molecule has 1 aromatic heterocycles. The number of hydrogen-bond acceptors (Lipinski definition) is 4. The van der Waals surface area contributed by atoms with Gasteiger partial charge in [0.1, 0.15) is 11.4 Å². The molecule has 1 rings (SSSR count). The third kappa shape index (κ3) is 5.25. The lowest BCUT2D eigenvalue weighted by Gasteiger charge is -2.30. The Labute approximate surface area is 125 Å². The van der Waals surface area contributed by atoms with E-state index in [4.69, 9.17) is 9.15 Å². The second-order valence-corrected chi connectivity index (χ2v) is 6.25. The minimum atomic E-state index is -0.560. The van der Waals surface area contributed by atoms with Gasteiger partial charge in [-0.05, 0) is 45.7 Å². The van der Waals surface area contributed by atoms with Gasteiger partial charge in [-0.25, -0.2) is 9.59 Å². The SMILES string of the molecule is CCC[C@H](c1cc(C)cc(=O)o1)N(C)C(=O)OC(C)(C)C. The van der Waals surface area contributed by atoms with E-state index in [1.165, 1.54) is 11.0 Å². The van der Waals surface area contributed by atoms with Crippen LogP contribution < -0.4 is 5.63 Å². The Morgan fingerprint density at radius 1 is 1.38 bits per heavy atom. The van der Waals surface area contributed by atoms with Crippen LogP contribution in [0.25, 0.3) is 0 Å². The Balaban J connectivity index is 3.05. The molecule has 1 aromatic rings. The van der Waals surface area contributed by atoms with E-state index in [1.807, 2.05) is 34.6 Å². The van der Waals surface area contributed by atoms with Crippen molar-refractivity contribution in [2.75, 3.05) is 7.05 Å². The number of ether oxygens (including phenoxy) is 1. The first-order valence-electron chi connectivity index (χ1n) is 7.21. The van der Waals surface area contributed by atoms with Crippen LogP contribution in [0.3, 0.4) is 0 Å². The second kappa shape index (κ2) is 6.78. The van der Waals surface area contributed by atoms with Crippen LogP contribution in [0.5, 0.6) is 0 Å². The highest BCUT2D eigenvalue weighted by Crippen LogP contribution is 2.26. The van der Waals surface area contributed by atoms with Gasteiger partial charge < -0.3 is 14.1 Å². The Kier molecular flexibility index (Phi) is 5.58. The molecule has 21 heavy (non-hydrogen) atoms. The first-order chi connectivity index (χ1) is 9.64. The topological polar surface area (TPSA) is 59.8 Å². The quantitative estimate of drug-likeness (QED) is 0.850. The molecule has 0 aliphatic rings. The number of amides is 1. The van der Waals surface area contributed by atoms with Gasteiger partial charge in [0.05, 0.1) is 6.04 Å². The van der Waals surface area contributed by atoms with Crippen molar-refractivity contribution < 1.29 is 13.9 Å². The maximum absolute atomic E-state index is 12.2. The van der Waals surface area contributed by atoms with Crippen molar-refractivity contribution in [1.82, 2.24) is 4.90 Å². The first-order valence-corrected chi connectivity index (χ1v) is 7.21. The number of carbonyl (C=O) groups is 1. The molecular weight excluding hydrogens is 270 g/mol. The third-order valence-electron chi connectivity index (χ3n) is 2.97. The number of rotatable bonds is 4. The van der Waals surface area contributed by atoms with Crippen LogP contribution in [0, 0.1) is 6.92 Å². The van der Waals surface area contributed by atoms with Gasteiger partial charge >= 0.3 is 11.7 Å². The summed E-state index contributed by atoms with van der Waals surface area (Å²) in [6, 6.07) is 2.92. The van der Waals surface area contributed by atoms with E-state index in [9.17, 15) is 9.59 Å². The highest BCUT2D eigenvalue weighted by Gasteiger charge is 2.27. The molecule has 0 aliphatic carbocycles. The molecule has 0 aliphatic heterocycles. The van der Waals surface area contributed by atoms with Crippen molar-refractivity contribution in [3.05, 3.63) is 33.9 Å². The molecule has 0 spiro atoms. The largest absolute Gasteiger partial charge is 0.444 e. The minimum Gasteiger partial charge on any atom is -0.444 e. The molecule has 1 heterocycles. The maximum atomic E-state index is 12.2. The number of aryl methyl sites for hydroxylation is 1. The summed E-state index contributed by atoms with van der Waals surface area (Å²) in [6.45, 7) is 9.31. The smallest absolute Gasteiger partial charge is 0.410 e. The van der Waals surface area contributed by atoms with E-state index >= 15 is 0 Å². The lowest BCUT2D eigenvalue weighted by molar-refractivity contribution is 0.0188. The number of hydrogen-bond donors (Lipinski definition) is 0. The van der Waals surface area contributed by atoms with Crippen LogP contribution in [-0.4, -0.2) is 23.6 Å². The van der Waals surface area contributed by atoms with Crippen LogP contribution in [0.4, 0.5) is 4.79 Å². The van der Waals surface area contributed by atoms with Gasteiger partial charge in [0.15, 0.2) is 0 Å². The molecule has 5 heteroatoms. The van der Waals surface area contributed by atoms with E-state index in [0.717, 1.165) is 12.0 Å². The Morgan fingerprint density at radius 3 is 2.48 bits per heavy atom. The Bertz CT molecular complexity index is 542. The van der Waals surface area contributed by atoms with Gasteiger partial charge in [0, 0.05) is 13.1 Å². The van der Waals surface area contributed by atoms with Gasteiger partial charge in [-0.2, -0.15) is 0 Å². The summed E-state index contributed by atoms with van der Waals surface area (Å²) >= 11 is 0. The summed E-state index contributed by atoms with van der Waals surface area (Å²) in [5, 5.41) is 0. The molecule has 0 fully saturated rings. The van der Waals surface area contributed by atoms with E-state index in [-0.39, 0.29) is 6.04 Å². The monoisotopic (exact) mass is 295 g/mol. The second-order valence-electron chi connectivity index (χ2n) is 6.25.